The summed E-state index contributed by atoms with van der Waals surface area (Å²) in [7, 11) is 2.15. The fourth-order valence-electron chi connectivity index (χ4n) is 1.92. The molecule has 0 spiro atoms. The minimum atomic E-state index is 0.321. The number of nitrogens with two attached hydrogens (primary N) is 1. The summed E-state index contributed by atoms with van der Waals surface area (Å²) < 4.78 is 1.17. The van der Waals surface area contributed by atoms with Gasteiger partial charge in [-0.25, -0.2) is 0 Å². The molecule has 0 saturated heterocycles. The molecule has 18 heavy (non-hydrogen) atoms. The van der Waals surface area contributed by atoms with Gasteiger partial charge in [0.2, 0.25) is 0 Å². The second-order valence-electron chi connectivity index (χ2n) is 4.20. The Morgan fingerprint density at radius 1 is 1.39 bits per heavy atom. The minimum absolute atomic E-state index is 0.321. The highest BCUT2D eigenvalue weighted by Crippen LogP contribution is 2.29. The van der Waals surface area contributed by atoms with Crippen LogP contribution in [0, 0.1) is 0 Å². The van der Waals surface area contributed by atoms with Gasteiger partial charge in [-0.15, -0.1) is 22.7 Å². The molecular formula is C13H17BrN2S2. The zero-order valence-corrected chi connectivity index (χ0v) is 13.5. The highest BCUT2D eigenvalue weighted by molar-refractivity contribution is 9.11. The van der Waals surface area contributed by atoms with Gasteiger partial charge >= 0.3 is 0 Å². The van der Waals surface area contributed by atoms with Gasteiger partial charge in [-0.1, -0.05) is 6.07 Å². The van der Waals surface area contributed by atoms with Crippen LogP contribution in [0.5, 0.6) is 0 Å². The molecule has 0 amide bonds. The zero-order valence-electron chi connectivity index (χ0n) is 10.3. The summed E-state index contributed by atoms with van der Waals surface area (Å²) in [5, 5.41) is 2.13. The van der Waals surface area contributed by atoms with Gasteiger partial charge in [0.05, 0.1) is 9.83 Å². The first kappa shape index (κ1) is 14.2. The highest BCUT2D eigenvalue weighted by Gasteiger charge is 2.17. The molecule has 0 fully saturated rings. The van der Waals surface area contributed by atoms with E-state index in [0.717, 1.165) is 13.0 Å². The fraction of sp³-hybridized carbons (Fsp3) is 0.385. The molecule has 2 aromatic rings. The lowest BCUT2D eigenvalue weighted by atomic mass is 10.2. The maximum Gasteiger partial charge on any atom is 0.0702 e. The second-order valence-corrected chi connectivity index (χ2v) is 7.73. The van der Waals surface area contributed by atoms with Gasteiger partial charge in [0.25, 0.3) is 0 Å². The van der Waals surface area contributed by atoms with Crippen LogP contribution in [-0.4, -0.2) is 25.0 Å². The van der Waals surface area contributed by atoms with Crippen LogP contribution >= 0.6 is 38.6 Å². The average Bonchev–Trinajstić information content (AvgIpc) is 2.99. The number of hydrogen-bond donors (Lipinski definition) is 1. The number of likely N-dealkylation sites (N-methyl/N-ethyl adjacent to an activating group) is 1. The smallest absolute Gasteiger partial charge is 0.0702 e. The Bertz CT molecular complexity index is 467. The third-order valence-electron chi connectivity index (χ3n) is 2.97. The standard InChI is InChI=1S/C13H17BrN2S2/c1-16(7-6-10-3-2-8-17-10)11(9-15)12-4-5-13(14)18-12/h2-5,8,11H,6-7,9,15H2,1H3. The monoisotopic (exact) mass is 344 g/mol. The summed E-state index contributed by atoms with van der Waals surface area (Å²) in [4.78, 5) is 5.11. The summed E-state index contributed by atoms with van der Waals surface area (Å²) in [5.41, 5.74) is 5.92. The van der Waals surface area contributed by atoms with E-state index in [1.165, 1.54) is 13.5 Å². The van der Waals surface area contributed by atoms with Crippen LogP contribution in [0.25, 0.3) is 0 Å². The molecule has 2 heterocycles. The average molecular weight is 345 g/mol. The molecule has 0 aliphatic heterocycles. The van der Waals surface area contributed by atoms with Crippen molar-refractivity contribution in [3.05, 3.63) is 43.2 Å². The Morgan fingerprint density at radius 3 is 2.78 bits per heavy atom. The normalized spacial score (nSPS) is 13.1. The van der Waals surface area contributed by atoms with Gasteiger partial charge in [-0.2, -0.15) is 0 Å². The van der Waals surface area contributed by atoms with Crippen molar-refractivity contribution in [3.8, 4) is 0 Å². The van der Waals surface area contributed by atoms with Gasteiger partial charge in [0.1, 0.15) is 0 Å². The Hall–Kier alpha value is -0.200. The van der Waals surface area contributed by atoms with Gasteiger partial charge in [0.15, 0.2) is 0 Å². The zero-order chi connectivity index (χ0) is 13.0. The first-order chi connectivity index (χ1) is 8.70. The number of halogens is 1. The first-order valence-corrected chi connectivity index (χ1v) is 8.37. The van der Waals surface area contributed by atoms with Gasteiger partial charge in [0, 0.05) is 22.8 Å². The molecule has 0 aliphatic rings. The van der Waals surface area contributed by atoms with Crippen molar-refractivity contribution in [1.29, 1.82) is 0 Å². The molecule has 2 nitrogen and oxygen atoms in total. The van der Waals surface area contributed by atoms with Crippen molar-refractivity contribution in [2.75, 3.05) is 20.1 Å². The molecule has 5 heteroatoms. The van der Waals surface area contributed by atoms with E-state index in [-0.39, 0.29) is 0 Å². The van der Waals surface area contributed by atoms with Crippen molar-refractivity contribution in [1.82, 2.24) is 4.90 Å². The molecule has 98 valence electrons. The summed E-state index contributed by atoms with van der Waals surface area (Å²) in [6, 6.07) is 8.87. The molecule has 2 N–H and O–H groups in total. The van der Waals surface area contributed by atoms with E-state index >= 15 is 0 Å². The third kappa shape index (κ3) is 3.65. The summed E-state index contributed by atoms with van der Waals surface area (Å²) >= 11 is 7.10. The van der Waals surface area contributed by atoms with E-state index in [2.05, 4.69) is 57.5 Å². The first-order valence-electron chi connectivity index (χ1n) is 5.88. The Kier molecular flexibility index (Phi) is 5.38. The number of thiophene rings is 2. The van der Waals surface area contributed by atoms with Crippen molar-refractivity contribution in [2.24, 2.45) is 5.73 Å². The Morgan fingerprint density at radius 2 is 2.22 bits per heavy atom. The van der Waals surface area contributed by atoms with Crippen molar-refractivity contribution in [3.63, 3.8) is 0 Å². The number of nitrogens with zero attached hydrogens (tertiary/aromatic N) is 1. The molecule has 2 aromatic heterocycles. The molecule has 1 unspecified atom stereocenters. The van der Waals surface area contributed by atoms with E-state index in [1.807, 2.05) is 11.3 Å². The van der Waals surface area contributed by atoms with E-state index < -0.39 is 0 Å². The van der Waals surface area contributed by atoms with E-state index in [4.69, 9.17) is 5.73 Å². The van der Waals surface area contributed by atoms with Gasteiger partial charge in [-0.3, -0.25) is 4.90 Å². The van der Waals surface area contributed by atoms with Crippen LogP contribution in [-0.2, 0) is 6.42 Å². The maximum absolute atomic E-state index is 5.92. The Labute approximate surface area is 125 Å². The van der Waals surface area contributed by atoms with Crippen molar-refractivity contribution in [2.45, 2.75) is 12.5 Å². The second kappa shape index (κ2) is 6.82. The number of hydrogen-bond acceptors (Lipinski definition) is 4. The van der Waals surface area contributed by atoms with Crippen molar-refractivity contribution >= 4 is 38.6 Å². The fourth-order valence-corrected chi connectivity index (χ4v) is 4.22. The predicted molar refractivity (Wildman–Crippen MR) is 84.5 cm³/mol. The van der Waals surface area contributed by atoms with E-state index in [1.54, 1.807) is 11.3 Å². The molecule has 0 aliphatic carbocycles. The lowest BCUT2D eigenvalue weighted by molar-refractivity contribution is 0.257. The molecule has 0 saturated carbocycles. The lowest BCUT2D eigenvalue weighted by Crippen LogP contribution is -2.31. The van der Waals surface area contributed by atoms with Crippen molar-refractivity contribution < 1.29 is 0 Å². The quantitative estimate of drug-likeness (QED) is 0.864. The SMILES string of the molecule is CN(CCc1cccs1)C(CN)c1ccc(Br)s1. The van der Waals surface area contributed by atoms with Gasteiger partial charge in [-0.05, 0) is 53.0 Å². The van der Waals surface area contributed by atoms with Gasteiger partial charge < -0.3 is 5.73 Å². The molecule has 0 bridgehead atoms. The largest absolute Gasteiger partial charge is 0.329 e. The third-order valence-corrected chi connectivity index (χ3v) is 5.63. The van der Waals surface area contributed by atoms with Crippen LogP contribution in [0.1, 0.15) is 15.8 Å². The Balaban J connectivity index is 1.95. The van der Waals surface area contributed by atoms with E-state index in [0.29, 0.717) is 12.6 Å². The van der Waals surface area contributed by atoms with Crippen LogP contribution in [0.3, 0.4) is 0 Å². The molecule has 1 atom stereocenters. The highest BCUT2D eigenvalue weighted by atomic mass is 79.9. The predicted octanol–water partition coefficient (Wildman–Crippen LogP) is 3.75. The summed E-state index contributed by atoms with van der Waals surface area (Å²) in [5.74, 6) is 0. The molecule has 0 aromatic carbocycles. The van der Waals surface area contributed by atoms with Crippen LogP contribution < -0.4 is 5.73 Å². The molecule has 2 rings (SSSR count). The summed E-state index contributed by atoms with van der Waals surface area (Å²) in [6.07, 6.45) is 1.09. The molecule has 0 radical (unpaired) electrons. The topological polar surface area (TPSA) is 29.3 Å². The maximum atomic E-state index is 5.92. The minimum Gasteiger partial charge on any atom is -0.329 e. The van der Waals surface area contributed by atoms with Crippen LogP contribution in [0.15, 0.2) is 33.4 Å². The lowest BCUT2D eigenvalue weighted by Gasteiger charge is -2.25. The molecular weight excluding hydrogens is 328 g/mol. The number of rotatable bonds is 6. The summed E-state index contributed by atoms with van der Waals surface area (Å²) in [6.45, 7) is 1.70. The van der Waals surface area contributed by atoms with Crippen LogP contribution in [0.2, 0.25) is 0 Å². The van der Waals surface area contributed by atoms with Crippen LogP contribution in [0.4, 0.5) is 0 Å². The van der Waals surface area contributed by atoms with E-state index in [9.17, 15) is 0 Å².